The van der Waals surface area contributed by atoms with Gasteiger partial charge in [-0.2, -0.15) is 8.75 Å². The molecule has 0 fully saturated rings. The maximum Gasteiger partial charge on any atom is 0.408 e. The molecule has 2 heterocycles. The molecule has 28 heavy (non-hydrogen) atoms. The highest BCUT2D eigenvalue weighted by Crippen LogP contribution is 2.25. The van der Waals surface area contributed by atoms with Gasteiger partial charge in [0.1, 0.15) is 28.4 Å². The summed E-state index contributed by atoms with van der Waals surface area (Å²) >= 11 is 1.12. The first kappa shape index (κ1) is 19.7. The zero-order chi connectivity index (χ0) is 20.3. The highest BCUT2D eigenvalue weighted by atomic mass is 32.1. The Morgan fingerprint density at radius 2 is 2.07 bits per heavy atom. The van der Waals surface area contributed by atoms with Gasteiger partial charge in [0.15, 0.2) is 0 Å². The van der Waals surface area contributed by atoms with Crippen LogP contribution in [0.3, 0.4) is 0 Å². The van der Waals surface area contributed by atoms with E-state index in [9.17, 15) is 9.59 Å². The van der Waals surface area contributed by atoms with Crippen molar-refractivity contribution in [2.24, 2.45) is 0 Å². The lowest BCUT2D eigenvalue weighted by molar-refractivity contribution is -0.143. The molecule has 0 aliphatic carbocycles. The van der Waals surface area contributed by atoms with Crippen LogP contribution in [-0.4, -0.2) is 54.6 Å². The Kier molecular flexibility index (Phi) is 5.54. The van der Waals surface area contributed by atoms with Crippen LogP contribution in [0, 0.1) is 0 Å². The maximum atomic E-state index is 12.1. The van der Waals surface area contributed by atoms with Crippen LogP contribution < -0.4 is 5.32 Å². The molecule has 11 heteroatoms. The molecule has 1 amide bonds. The van der Waals surface area contributed by atoms with Gasteiger partial charge in [-0.1, -0.05) is 17.3 Å². The summed E-state index contributed by atoms with van der Waals surface area (Å²) in [6.45, 7) is 5.23. The van der Waals surface area contributed by atoms with Crippen LogP contribution in [0.25, 0.3) is 22.3 Å². The summed E-state index contributed by atoms with van der Waals surface area (Å²) in [5.74, 6) is -0.617. The average Bonchev–Trinajstić information content (AvgIpc) is 3.27. The number of fused-ring (bicyclic) bond motifs is 1. The number of alkyl carbamates (subject to hydrolysis) is 1. The number of carbonyl (C=O) groups excluding carboxylic acids is 2. The number of aromatic nitrogens is 5. The number of esters is 1. The van der Waals surface area contributed by atoms with E-state index in [-0.39, 0.29) is 6.54 Å². The van der Waals surface area contributed by atoms with Crippen LogP contribution >= 0.6 is 11.7 Å². The van der Waals surface area contributed by atoms with E-state index in [1.54, 1.807) is 27.0 Å². The number of carbonyl (C=O) groups is 2. The number of nitrogens with zero attached hydrogens (tertiary/aromatic N) is 5. The third kappa shape index (κ3) is 4.60. The molecule has 0 saturated carbocycles. The first-order chi connectivity index (χ1) is 13.3. The van der Waals surface area contributed by atoms with Gasteiger partial charge in [0.25, 0.3) is 0 Å². The van der Waals surface area contributed by atoms with E-state index >= 15 is 0 Å². The lowest BCUT2D eigenvalue weighted by atomic mass is 10.1. The van der Waals surface area contributed by atoms with Crippen molar-refractivity contribution in [1.29, 1.82) is 0 Å². The van der Waals surface area contributed by atoms with Crippen molar-refractivity contribution < 1.29 is 19.1 Å². The monoisotopic (exact) mass is 404 g/mol. The van der Waals surface area contributed by atoms with Gasteiger partial charge < -0.3 is 14.8 Å². The molecule has 1 aromatic carbocycles. The molecule has 3 rings (SSSR count). The predicted octanol–water partition coefficient (Wildman–Crippen LogP) is 2.02. The van der Waals surface area contributed by atoms with Gasteiger partial charge in [0.2, 0.25) is 0 Å². The smallest absolute Gasteiger partial charge is 0.408 e. The average molecular weight is 404 g/mol. The topological polar surface area (TPSA) is 121 Å². The Hall–Kier alpha value is -3.08. The summed E-state index contributed by atoms with van der Waals surface area (Å²) in [5, 5.41) is 10.7. The van der Waals surface area contributed by atoms with E-state index < -0.39 is 23.7 Å². The number of hydrogen-bond acceptors (Lipinski definition) is 9. The van der Waals surface area contributed by atoms with E-state index in [0.717, 1.165) is 28.3 Å². The summed E-state index contributed by atoms with van der Waals surface area (Å²) in [6.07, 6.45) is 0.947. The van der Waals surface area contributed by atoms with Crippen molar-refractivity contribution in [1.82, 2.24) is 29.1 Å². The van der Waals surface area contributed by atoms with Gasteiger partial charge in [-0.05, 0) is 26.8 Å². The van der Waals surface area contributed by atoms with E-state index in [1.807, 2.05) is 18.2 Å². The minimum Gasteiger partial charge on any atom is -0.467 e. The van der Waals surface area contributed by atoms with Crippen LogP contribution in [0.1, 0.15) is 20.8 Å². The summed E-state index contributed by atoms with van der Waals surface area (Å²) in [7, 11) is 1.24. The van der Waals surface area contributed by atoms with Crippen molar-refractivity contribution in [2.75, 3.05) is 7.11 Å². The third-order valence-electron chi connectivity index (χ3n) is 3.65. The zero-order valence-electron chi connectivity index (χ0n) is 15.9. The predicted molar refractivity (Wildman–Crippen MR) is 102 cm³/mol. The number of benzene rings is 1. The Bertz CT molecular complexity index is 993. The molecule has 0 bridgehead atoms. The Balaban J connectivity index is 1.78. The molecule has 0 unspecified atom stereocenters. The molecule has 1 N–H and O–H groups in total. The van der Waals surface area contributed by atoms with Crippen LogP contribution in [0.2, 0.25) is 0 Å². The second kappa shape index (κ2) is 7.89. The molecule has 1 atom stereocenters. The van der Waals surface area contributed by atoms with Crippen LogP contribution in [0.15, 0.2) is 24.4 Å². The number of nitrogens with one attached hydrogen (secondary N) is 1. The molecule has 0 saturated heterocycles. The first-order valence-electron chi connectivity index (χ1n) is 8.46. The van der Waals surface area contributed by atoms with Crippen molar-refractivity contribution in [3.8, 4) is 11.3 Å². The molecule has 0 aliphatic heterocycles. The number of methoxy groups -OCH3 is 1. The molecule has 0 radical (unpaired) electrons. The summed E-state index contributed by atoms with van der Waals surface area (Å²) in [6, 6.07) is 4.62. The molecule has 148 valence electrons. The highest BCUT2D eigenvalue weighted by molar-refractivity contribution is 7.00. The lowest BCUT2D eigenvalue weighted by Gasteiger charge is -2.22. The van der Waals surface area contributed by atoms with E-state index in [4.69, 9.17) is 9.47 Å². The summed E-state index contributed by atoms with van der Waals surface area (Å²) in [4.78, 5) is 24.1. The van der Waals surface area contributed by atoms with Crippen LogP contribution in [0.4, 0.5) is 4.79 Å². The number of hydrogen-bond donors (Lipinski definition) is 1. The minimum atomic E-state index is -0.980. The SMILES string of the molecule is COC(=O)[C@H](Cn1cc(-c2cccc3nsnc23)nn1)NC(=O)OC(C)(C)C. The number of ether oxygens (including phenoxy) is 2. The molecule has 2 aromatic heterocycles. The summed E-state index contributed by atoms with van der Waals surface area (Å²) in [5.41, 5.74) is 2.18. The fourth-order valence-electron chi connectivity index (χ4n) is 2.48. The first-order valence-corrected chi connectivity index (χ1v) is 9.19. The third-order valence-corrected chi connectivity index (χ3v) is 4.19. The Morgan fingerprint density at radius 3 is 2.79 bits per heavy atom. The van der Waals surface area contributed by atoms with Crippen molar-refractivity contribution in [3.63, 3.8) is 0 Å². The fraction of sp³-hybridized carbons (Fsp3) is 0.412. The van der Waals surface area contributed by atoms with Crippen LogP contribution in [-0.2, 0) is 20.8 Å². The van der Waals surface area contributed by atoms with Gasteiger partial charge in [0, 0.05) is 5.56 Å². The van der Waals surface area contributed by atoms with Gasteiger partial charge in [-0.3, -0.25) is 0 Å². The molecule has 10 nitrogen and oxygen atoms in total. The molecule has 0 spiro atoms. The Labute approximate surface area is 165 Å². The molecular formula is C17H20N6O4S. The zero-order valence-corrected chi connectivity index (χ0v) is 16.7. The second-order valence-electron chi connectivity index (χ2n) is 6.99. The van der Waals surface area contributed by atoms with Crippen molar-refractivity contribution >= 4 is 34.8 Å². The van der Waals surface area contributed by atoms with Gasteiger partial charge in [0.05, 0.1) is 31.6 Å². The van der Waals surface area contributed by atoms with Crippen molar-refractivity contribution in [3.05, 3.63) is 24.4 Å². The molecular weight excluding hydrogens is 384 g/mol. The minimum absolute atomic E-state index is 0.0320. The highest BCUT2D eigenvalue weighted by Gasteiger charge is 2.26. The standard InChI is InChI=1S/C17H20N6O4S/c1-17(2,3)27-16(25)18-13(15(24)26-4)9-23-8-12(19-22-23)10-6-5-7-11-14(10)21-28-20-11/h5-8,13H,9H2,1-4H3,(H,18,25)/t13-/m0/s1. The van der Waals surface area contributed by atoms with Gasteiger partial charge >= 0.3 is 12.1 Å². The largest absolute Gasteiger partial charge is 0.467 e. The lowest BCUT2D eigenvalue weighted by Crippen LogP contribution is -2.46. The van der Waals surface area contributed by atoms with E-state index in [0.29, 0.717) is 5.69 Å². The quantitative estimate of drug-likeness (QED) is 0.641. The van der Waals surface area contributed by atoms with Gasteiger partial charge in [-0.25, -0.2) is 14.3 Å². The molecule has 3 aromatic rings. The van der Waals surface area contributed by atoms with Gasteiger partial charge in [-0.15, -0.1) is 5.10 Å². The van der Waals surface area contributed by atoms with Crippen LogP contribution in [0.5, 0.6) is 0 Å². The van der Waals surface area contributed by atoms with Crippen molar-refractivity contribution in [2.45, 2.75) is 39.0 Å². The number of amides is 1. The summed E-state index contributed by atoms with van der Waals surface area (Å²) < 4.78 is 19.9. The fourth-order valence-corrected chi connectivity index (χ4v) is 3.03. The Morgan fingerprint density at radius 1 is 1.29 bits per heavy atom. The maximum absolute atomic E-state index is 12.1. The second-order valence-corrected chi connectivity index (χ2v) is 7.51. The number of rotatable bonds is 5. The molecule has 0 aliphatic rings. The normalized spacial score (nSPS) is 12.6. The van der Waals surface area contributed by atoms with E-state index in [1.165, 1.54) is 11.8 Å². The van der Waals surface area contributed by atoms with E-state index in [2.05, 4.69) is 24.4 Å².